The van der Waals surface area contributed by atoms with Crippen molar-refractivity contribution in [1.29, 1.82) is 0 Å². The Morgan fingerprint density at radius 3 is 2.57 bits per heavy atom. The van der Waals surface area contributed by atoms with Crippen LogP contribution in [0.25, 0.3) is 16.5 Å². The Balaban J connectivity index is 1.42. The van der Waals surface area contributed by atoms with Gasteiger partial charge in [-0.25, -0.2) is 0 Å². The quantitative estimate of drug-likeness (QED) is 0.365. The molecule has 3 aliphatic heterocycles. The number of rotatable bonds is 3. The van der Waals surface area contributed by atoms with Gasteiger partial charge in [0.2, 0.25) is 0 Å². The fourth-order valence-corrected chi connectivity index (χ4v) is 6.09. The van der Waals surface area contributed by atoms with E-state index < -0.39 is 5.31 Å². The summed E-state index contributed by atoms with van der Waals surface area (Å²) in [6.45, 7) is 0.798. The molecule has 0 radical (unpaired) electrons. The van der Waals surface area contributed by atoms with E-state index >= 15 is 0 Å². The number of amides is 2. The van der Waals surface area contributed by atoms with Crippen molar-refractivity contribution in [3.8, 4) is 5.75 Å². The summed E-state index contributed by atoms with van der Waals surface area (Å²) in [7, 11) is 2.25. The number of carbonyl (C=O) groups excluding carboxylic acids is 2. The molecule has 3 aromatic carbocycles. The number of methoxy groups -OCH3 is 1. The monoisotopic (exact) mass is 459 g/mol. The lowest BCUT2D eigenvalue weighted by molar-refractivity contribution is -0.137. The highest BCUT2D eigenvalue weighted by Crippen LogP contribution is 2.50. The van der Waals surface area contributed by atoms with Crippen LogP contribution in [0.1, 0.15) is 16.7 Å². The molecule has 1 unspecified atom stereocenters. The minimum Gasteiger partial charge on any atom is -0.497 e. The smallest absolute Gasteiger partial charge is 0.262 e. The molecule has 0 fully saturated rings. The van der Waals surface area contributed by atoms with Crippen molar-refractivity contribution in [2.75, 3.05) is 19.0 Å². The molecule has 6 nitrogen and oxygen atoms in total. The van der Waals surface area contributed by atoms with Crippen LogP contribution in [0.3, 0.4) is 0 Å². The summed E-state index contributed by atoms with van der Waals surface area (Å²) in [5, 5.41) is 3.89. The second kappa shape index (κ2) is 7.12. The lowest BCUT2D eigenvalue weighted by atomic mass is 9.42. The van der Waals surface area contributed by atoms with Crippen molar-refractivity contribution in [2.24, 2.45) is 0 Å². The molecule has 2 N–H and O–H groups in total. The van der Waals surface area contributed by atoms with Crippen LogP contribution >= 0.6 is 0 Å². The number of aromatic nitrogens is 1. The van der Waals surface area contributed by atoms with Crippen molar-refractivity contribution >= 4 is 46.9 Å². The van der Waals surface area contributed by atoms with Crippen LogP contribution in [0.2, 0.25) is 0 Å². The van der Waals surface area contributed by atoms with Gasteiger partial charge in [0.25, 0.3) is 11.8 Å². The minimum absolute atomic E-state index is 0.199. The van der Waals surface area contributed by atoms with Crippen LogP contribution < -0.4 is 15.6 Å². The molecular formula is C28H22BN3O3. The molecule has 35 heavy (non-hydrogen) atoms. The number of nitrogens with zero attached hydrogens (tertiary/aromatic N) is 1. The molecule has 1 aromatic heterocycles. The van der Waals surface area contributed by atoms with Crippen molar-refractivity contribution in [2.45, 2.75) is 11.9 Å². The summed E-state index contributed by atoms with van der Waals surface area (Å²) >= 11 is 0. The highest BCUT2D eigenvalue weighted by atomic mass is 16.5. The lowest BCUT2D eigenvalue weighted by Crippen LogP contribution is -2.49. The minimum atomic E-state index is -0.596. The highest BCUT2D eigenvalue weighted by Gasteiger charge is 2.56. The van der Waals surface area contributed by atoms with Crippen molar-refractivity contribution < 1.29 is 14.3 Å². The number of anilines is 1. The number of para-hydroxylation sites is 2. The highest BCUT2D eigenvalue weighted by molar-refractivity contribution is 6.65. The van der Waals surface area contributed by atoms with E-state index in [4.69, 9.17) is 4.74 Å². The topological polar surface area (TPSA) is 74.4 Å². The van der Waals surface area contributed by atoms with E-state index in [0.29, 0.717) is 25.0 Å². The van der Waals surface area contributed by atoms with Gasteiger partial charge in [-0.05, 0) is 41.0 Å². The van der Waals surface area contributed by atoms with Gasteiger partial charge in [0, 0.05) is 39.6 Å². The molecule has 2 amide bonds. The number of ether oxygens (including phenoxy) is 1. The van der Waals surface area contributed by atoms with Gasteiger partial charge >= 0.3 is 0 Å². The Labute approximate surface area is 202 Å². The number of imide groups is 1. The first-order valence-electron chi connectivity index (χ1n) is 11.8. The standard InChI is InChI=1S/C28H22BN3O3/c1-35-17-12-10-16(11-13-17)14-32-26(33)23-22-18-6-2-4-8-20(18)31-25(22)29-28(24(23)27(32)34)15-30-21-9-5-3-7-19(21)28/h2-13,29-31H,14-15H2,1H3. The third-order valence-corrected chi connectivity index (χ3v) is 7.68. The molecular weight excluding hydrogens is 437 g/mol. The SMILES string of the molecule is COc1ccc(CN2C(=O)C3=C(C2=O)C2(Bc4[nH]c5ccccc5c43)CNc3ccccc32)cc1. The van der Waals surface area contributed by atoms with E-state index in [0.717, 1.165) is 44.6 Å². The molecule has 0 saturated carbocycles. The molecule has 3 aliphatic rings. The lowest BCUT2D eigenvalue weighted by Gasteiger charge is -2.33. The number of aromatic amines is 1. The average Bonchev–Trinajstić information content (AvgIpc) is 3.52. The first kappa shape index (κ1) is 20.1. The van der Waals surface area contributed by atoms with E-state index in [1.807, 2.05) is 66.7 Å². The molecule has 7 heteroatoms. The van der Waals surface area contributed by atoms with Gasteiger partial charge in [0.1, 0.15) is 5.75 Å². The van der Waals surface area contributed by atoms with Crippen molar-refractivity contribution in [1.82, 2.24) is 9.88 Å². The summed E-state index contributed by atoms with van der Waals surface area (Å²) in [6, 6.07) is 23.6. The Kier molecular flexibility index (Phi) is 4.10. The fourth-order valence-electron chi connectivity index (χ4n) is 6.09. The van der Waals surface area contributed by atoms with Gasteiger partial charge in [0.05, 0.1) is 19.2 Å². The van der Waals surface area contributed by atoms with E-state index in [1.165, 1.54) is 4.90 Å². The van der Waals surface area contributed by atoms with Gasteiger partial charge in [-0.15, -0.1) is 0 Å². The molecule has 0 saturated heterocycles. The summed E-state index contributed by atoms with van der Waals surface area (Å²) in [5.41, 5.74) is 7.00. The number of H-pyrrole nitrogens is 1. The van der Waals surface area contributed by atoms with Crippen LogP contribution in [0.5, 0.6) is 5.75 Å². The second-order valence-corrected chi connectivity index (χ2v) is 9.48. The molecule has 4 aromatic rings. The predicted molar refractivity (Wildman–Crippen MR) is 137 cm³/mol. The maximum atomic E-state index is 14.1. The number of nitrogens with one attached hydrogen (secondary N) is 2. The van der Waals surface area contributed by atoms with E-state index in [9.17, 15) is 9.59 Å². The summed E-state index contributed by atoms with van der Waals surface area (Å²) in [5.74, 6) is 0.312. The maximum absolute atomic E-state index is 14.1. The average molecular weight is 459 g/mol. The molecule has 0 bridgehead atoms. The molecule has 170 valence electrons. The van der Waals surface area contributed by atoms with Crippen molar-refractivity contribution in [3.05, 3.63) is 95.1 Å². The Morgan fingerprint density at radius 1 is 0.971 bits per heavy atom. The summed E-state index contributed by atoms with van der Waals surface area (Å²) in [4.78, 5) is 33.1. The summed E-state index contributed by atoms with van der Waals surface area (Å²) in [6.07, 6.45) is 0. The number of carbonyl (C=O) groups is 2. The molecule has 0 aliphatic carbocycles. The van der Waals surface area contributed by atoms with Gasteiger partial charge in [-0.2, -0.15) is 0 Å². The van der Waals surface area contributed by atoms with Gasteiger partial charge < -0.3 is 15.0 Å². The third-order valence-electron chi connectivity index (χ3n) is 7.68. The van der Waals surface area contributed by atoms with Crippen LogP contribution in [-0.4, -0.2) is 42.6 Å². The van der Waals surface area contributed by atoms with Crippen LogP contribution in [0, 0.1) is 0 Å². The number of hydrogen-bond acceptors (Lipinski definition) is 4. The molecule has 7 rings (SSSR count). The van der Waals surface area contributed by atoms with E-state index in [-0.39, 0.29) is 18.4 Å². The number of hydrogen-bond donors (Lipinski definition) is 2. The first-order valence-corrected chi connectivity index (χ1v) is 11.8. The van der Waals surface area contributed by atoms with E-state index in [2.05, 4.69) is 16.4 Å². The maximum Gasteiger partial charge on any atom is 0.262 e. The van der Waals surface area contributed by atoms with Crippen molar-refractivity contribution in [3.63, 3.8) is 0 Å². The van der Waals surface area contributed by atoms with Crippen LogP contribution in [-0.2, 0) is 21.4 Å². The van der Waals surface area contributed by atoms with Gasteiger partial charge in [-0.1, -0.05) is 48.5 Å². The summed E-state index contributed by atoms with van der Waals surface area (Å²) < 4.78 is 5.26. The zero-order chi connectivity index (χ0) is 23.7. The Morgan fingerprint density at radius 2 is 1.74 bits per heavy atom. The molecule has 4 heterocycles. The van der Waals surface area contributed by atoms with E-state index in [1.54, 1.807) is 7.11 Å². The predicted octanol–water partition coefficient (Wildman–Crippen LogP) is 2.90. The van der Waals surface area contributed by atoms with Crippen LogP contribution in [0.15, 0.2) is 78.4 Å². The Hall–Kier alpha value is -4.26. The zero-order valence-electron chi connectivity index (χ0n) is 19.2. The van der Waals surface area contributed by atoms with Crippen LogP contribution in [0.4, 0.5) is 5.69 Å². The number of fused-ring (bicyclic) bond motifs is 7. The zero-order valence-corrected chi connectivity index (χ0v) is 19.2. The van der Waals surface area contributed by atoms with Gasteiger partial charge in [0.15, 0.2) is 7.28 Å². The second-order valence-electron chi connectivity index (χ2n) is 9.48. The first-order chi connectivity index (χ1) is 17.1. The number of benzene rings is 3. The fraction of sp³-hybridized carbons (Fsp3) is 0.143. The Bertz CT molecular complexity index is 1590. The largest absolute Gasteiger partial charge is 0.497 e. The third kappa shape index (κ3) is 2.66. The van der Waals surface area contributed by atoms with Gasteiger partial charge in [-0.3, -0.25) is 14.5 Å². The molecule has 1 atom stereocenters. The molecule has 1 spiro atoms. The normalized spacial score (nSPS) is 20.1.